The predicted octanol–water partition coefficient (Wildman–Crippen LogP) is -0.0672. The summed E-state index contributed by atoms with van der Waals surface area (Å²) in [5.74, 6) is -1.19. The van der Waals surface area contributed by atoms with Gasteiger partial charge in [0.2, 0.25) is 0 Å². The second kappa shape index (κ2) is 4.92. The quantitative estimate of drug-likeness (QED) is 0.674. The van der Waals surface area contributed by atoms with Gasteiger partial charge in [-0.05, 0) is 26.8 Å². The van der Waals surface area contributed by atoms with Crippen LogP contribution in [0.15, 0.2) is 0 Å². The van der Waals surface area contributed by atoms with Crippen molar-refractivity contribution in [2.24, 2.45) is 0 Å². The summed E-state index contributed by atoms with van der Waals surface area (Å²) in [6, 6.07) is 0. The molecule has 2 N–H and O–H groups in total. The third-order valence-electron chi connectivity index (χ3n) is 2.58. The van der Waals surface area contributed by atoms with Crippen LogP contribution in [0.4, 0.5) is 0 Å². The van der Waals surface area contributed by atoms with Crippen molar-refractivity contribution < 1.29 is 19.7 Å². The number of aliphatic hydroxyl groups is 1. The highest BCUT2D eigenvalue weighted by molar-refractivity contribution is 5.76. The summed E-state index contributed by atoms with van der Waals surface area (Å²) in [6.45, 7) is 2.88. The Morgan fingerprint density at radius 3 is 2.80 bits per heavy atom. The highest BCUT2D eigenvalue weighted by Crippen LogP contribution is 2.14. The molecule has 0 saturated carbocycles. The third-order valence-corrected chi connectivity index (χ3v) is 2.58. The minimum Gasteiger partial charge on any atom is -0.479 e. The molecule has 1 rings (SSSR count). The Morgan fingerprint density at radius 1 is 1.67 bits per heavy atom. The number of carboxylic acid groups (broad SMARTS) is 1. The van der Waals surface area contributed by atoms with E-state index in [4.69, 9.17) is 9.84 Å². The molecule has 0 bridgehead atoms. The third kappa shape index (κ3) is 3.77. The minimum absolute atomic E-state index is 0.113. The number of hydrogen-bond donors (Lipinski definition) is 2. The van der Waals surface area contributed by atoms with E-state index in [9.17, 15) is 9.90 Å². The van der Waals surface area contributed by atoms with Crippen molar-refractivity contribution in [3.8, 4) is 0 Å². The number of aliphatic carboxylic acids is 1. The van der Waals surface area contributed by atoms with Crippen LogP contribution in [0.5, 0.6) is 0 Å². The molecule has 0 aliphatic carbocycles. The van der Waals surface area contributed by atoms with Crippen LogP contribution in [0.1, 0.15) is 19.8 Å². The van der Waals surface area contributed by atoms with E-state index < -0.39 is 11.6 Å². The Morgan fingerprint density at radius 2 is 2.33 bits per heavy atom. The fourth-order valence-electron chi connectivity index (χ4n) is 1.79. The largest absolute Gasteiger partial charge is 0.479 e. The van der Waals surface area contributed by atoms with Gasteiger partial charge in [-0.25, -0.2) is 4.79 Å². The van der Waals surface area contributed by atoms with Crippen LogP contribution in [-0.4, -0.2) is 59.5 Å². The highest BCUT2D eigenvalue weighted by Gasteiger charge is 2.32. The van der Waals surface area contributed by atoms with E-state index >= 15 is 0 Å². The molecule has 5 heteroatoms. The lowest BCUT2D eigenvalue weighted by Crippen LogP contribution is -2.47. The molecule has 1 fully saturated rings. The first-order valence-corrected chi connectivity index (χ1v) is 5.18. The molecule has 2 unspecified atom stereocenters. The number of ether oxygens (including phenoxy) is 1. The van der Waals surface area contributed by atoms with Crippen LogP contribution in [0, 0.1) is 0 Å². The van der Waals surface area contributed by atoms with Crippen molar-refractivity contribution in [3.05, 3.63) is 0 Å². The number of carbonyl (C=O) groups is 1. The minimum atomic E-state index is -1.69. The molecule has 15 heavy (non-hydrogen) atoms. The van der Waals surface area contributed by atoms with Gasteiger partial charge in [-0.2, -0.15) is 0 Å². The van der Waals surface area contributed by atoms with E-state index in [1.54, 1.807) is 11.9 Å². The van der Waals surface area contributed by atoms with E-state index in [1.165, 1.54) is 6.92 Å². The summed E-state index contributed by atoms with van der Waals surface area (Å²) in [4.78, 5) is 12.5. The SMILES string of the molecule is CN(CC1CCCO1)CC(C)(O)C(=O)O. The molecule has 1 heterocycles. The van der Waals surface area contributed by atoms with Gasteiger partial charge in [-0.1, -0.05) is 0 Å². The smallest absolute Gasteiger partial charge is 0.336 e. The number of rotatable bonds is 5. The highest BCUT2D eigenvalue weighted by atomic mass is 16.5. The van der Waals surface area contributed by atoms with Crippen molar-refractivity contribution in [2.75, 3.05) is 26.7 Å². The van der Waals surface area contributed by atoms with Gasteiger partial charge in [0.25, 0.3) is 0 Å². The zero-order valence-corrected chi connectivity index (χ0v) is 9.27. The lowest BCUT2D eigenvalue weighted by atomic mass is 10.1. The predicted molar refractivity (Wildman–Crippen MR) is 54.7 cm³/mol. The number of carboxylic acids is 1. The molecule has 88 valence electrons. The maximum atomic E-state index is 10.7. The molecular formula is C10H19NO4. The molecule has 0 aromatic carbocycles. The first-order valence-electron chi connectivity index (χ1n) is 5.18. The second-order valence-electron chi connectivity index (χ2n) is 4.41. The van der Waals surface area contributed by atoms with Gasteiger partial charge in [0, 0.05) is 19.7 Å². The lowest BCUT2D eigenvalue weighted by Gasteiger charge is -2.27. The standard InChI is InChI=1S/C10H19NO4/c1-10(14,9(12)13)7-11(2)6-8-4-3-5-15-8/h8,14H,3-7H2,1-2H3,(H,12,13). The first kappa shape index (κ1) is 12.4. The van der Waals surface area contributed by atoms with Crippen LogP contribution in [0.2, 0.25) is 0 Å². The summed E-state index contributed by atoms with van der Waals surface area (Å²) in [5.41, 5.74) is -1.69. The molecule has 0 spiro atoms. The zero-order valence-electron chi connectivity index (χ0n) is 9.27. The average molecular weight is 217 g/mol. The molecular weight excluding hydrogens is 198 g/mol. The summed E-state index contributed by atoms with van der Waals surface area (Å²) in [5, 5.41) is 18.3. The van der Waals surface area contributed by atoms with Crippen molar-refractivity contribution >= 4 is 5.97 Å². The maximum absolute atomic E-state index is 10.7. The van der Waals surface area contributed by atoms with Gasteiger partial charge in [0.05, 0.1) is 6.10 Å². The van der Waals surface area contributed by atoms with Crippen molar-refractivity contribution in [1.29, 1.82) is 0 Å². The molecule has 1 saturated heterocycles. The van der Waals surface area contributed by atoms with E-state index in [0.29, 0.717) is 6.54 Å². The van der Waals surface area contributed by atoms with E-state index in [2.05, 4.69) is 0 Å². The lowest BCUT2D eigenvalue weighted by molar-refractivity contribution is -0.158. The van der Waals surface area contributed by atoms with Crippen LogP contribution < -0.4 is 0 Å². The summed E-state index contributed by atoms with van der Waals surface area (Å²) >= 11 is 0. The Labute approximate surface area is 89.6 Å². The molecule has 1 aliphatic rings. The molecule has 0 aromatic heterocycles. The Balaban J connectivity index is 2.34. The molecule has 5 nitrogen and oxygen atoms in total. The summed E-state index contributed by atoms with van der Waals surface area (Å²) in [6.07, 6.45) is 2.26. The van der Waals surface area contributed by atoms with Crippen LogP contribution in [0.25, 0.3) is 0 Å². The van der Waals surface area contributed by atoms with Gasteiger partial charge in [0.1, 0.15) is 0 Å². The van der Waals surface area contributed by atoms with Crippen molar-refractivity contribution in [1.82, 2.24) is 4.90 Å². The van der Waals surface area contributed by atoms with Gasteiger partial charge in [0.15, 0.2) is 5.60 Å². The van der Waals surface area contributed by atoms with Gasteiger partial charge in [-0.15, -0.1) is 0 Å². The molecule has 0 aromatic rings. The van der Waals surface area contributed by atoms with Crippen LogP contribution >= 0.6 is 0 Å². The van der Waals surface area contributed by atoms with Crippen molar-refractivity contribution in [3.63, 3.8) is 0 Å². The van der Waals surface area contributed by atoms with Gasteiger partial charge < -0.3 is 19.8 Å². The fraction of sp³-hybridized carbons (Fsp3) is 0.900. The first-order chi connectivity index (χ1) is 6.92. The Kier molecular flexibility index (Phi) is 4.07. The topological polar surface area (TPSA) is 70.0 Å². The number of hydrogen-bond acceptors (Lipinski definition) is 4. The van der Waals surface area contributed by atoms with E-state index in [1.807, 2.05) is 0 Å². The fourth-order valence-corrected chi connectivity index (χ4v) is 1.79. The molecule has 2 atom stereocenters. The summed E-state index contributed by atoms with van der Waals surface area (Å²) in [7, 11) is 1.79. The Bertz CT molecular complexity index is 223. The average Bonchev–Trinajstić information content (AvgIpc) is 2.54. The molecule has 1 aliphatic heterocycles. The van der Waals surface area contributed by atoms with Crippen molar-refractivity contribution in [2.45, 2.75) is 31.5 Å². The van der Waals surface area contributed by atoms with Gasteiger partial charge >= 0.3 is 5.97 Å². The molecule has 0 amide bonds. The summed E-state index contributed by atoms with van der Waals surface area (Å²) < 4.78 is 5.43. The van der Waals surface area contributed by atoms with E-state index in [-0.39, 0.29) is 12.6 Å². The van der Waals surface area contributed by atoms with Crippen LogP contribution in [0.3, 0.4) is 0 Å². The number of likely N-dealkylation sites (N-methyl/N-ethyl adjacent to an activating group) is 1. The monoisotopic (exact) mass is 217 g/mol. The maximum Gasteiger partial charge on any atom is 0.336 e. The zero-order chi connectivity index (χ0) is 11.5. The van der Waals surface area contributed by atoms with Crippen LogP contribution in [-0.2, 0) is 9.53 Å². The Hall–Kier alpha value is -0.650. The number of nitrogens with zero attached hydrogens (tertiary/aromatic N) is 1. The van der Waals surface area contributed by atoms with E-state index in [0.717, 1.165) is 19.4 Å². The second-order valence-corrected chi connectivity index (χ2v) is 4.41. The normalized spacial score (nSPS) is 25.5. The molecule has 0 radical (unpaired) electrons. The van der Waals surface area contributed by atoms with Gasteiger partial charge in [-0.3, -0.25) is 0 Å².